The van der Waals surface area contributed by atoms with Crippen LogP contribution in [0.15, 0.2) is 60.8 Å². The predicted octanol–water partition coefficient (Wildman–Crippen LogP) is 4.59. The van der Waals surface area contributed by atoms with E-state index in [-0.39, 0.29) is 22.2 Å². The normalized spacial score (nSPS) is 16.2. The number of carbonyl (C=O) groups excluding carboxylic acids is 2. The second kappa shape index (κ2) is 9.40. The van der Waals surface area contributed by atoms with Crippen molar-refractivity contribution in [2.24, 2.45) is 7.05 Å². The topological polar surface area (TPSA) is 67.2 Å². The van der Waals surface area contributed by atoms with E-state index in [0.717, 1.165) is 35.3 Å². The Balaban J connectivity index is 1.38. The van der Waals surface area contributed by atoms with Gasteiger partial charge < -0.3 is 10.2 Å². The minimum absolute atomic E-state index is 0.113. The molecule has 2 amide bonds. The summed E-state index contributed by atoms with van der Waals surface area (Å²) in [6, 6.07) is 13.8. The molecule has 3 aromatic rings. The van der Waals surface area contributed by atoms with Crippen LogP contribution in [0.4, 0.5) is 14.9 Å². The van der Waals surface area contributed by atoms with E-state index in [4.69, 9.17) is 0 Å². The molecule has 0 radical (unpaired) electrons. The summed E-state index contributed by atoms with van der Waals surface area (Å²) in [5, 5.41) is 7.47. The highest BCUT2D eigenvalue weighted by Gasteiger charge is 2.27. The van der Waals surface area contributed by atoms with Gasteiger partial charge in [-0.1, -0.05) is 23.9 Å². The van der Waals surface area contributed by atoms with Gasteiger partial charge in [0.2, 0.25) is 5.91 Å². The zero-order valence-electron chi connectivity index (χ0n) is 17.8. The number of hydrogen-bond donors (Lipinski definition) is 1. The molecule has 1 N–H and O–H groups in total. The van der Waals surface area contributed by atoms with Crippen molar-refractivity contribution in [3.05, 3.63) is 77.7 Å². The van der Waals surface area contributed by atoms with E-state index in [0.29, 0.717) is 5.69 Å². The number of carbonyl (C=O) groups is 2. The third kappa shape index (κ3) is 5.08. The maximum absolute atomic E-state index is 13.2. The van der Waals surface area contributed by atoms with Crippen molar-refractivity contribution in [2.75, 3.05) is 18.9 Å². The molecule has 1 aromatic heterocycles. The van der Waals surface area contributed by atoms with Gasteiger partial charge >= 0.3 is 0 Å². The molecule has 4 rings (SSSR count). The van der Waals surface area contributed by atoms with Gasteiger partial charge in [-0.3, -0.25) is 14.3 Å². The molecule has 1 unspecified atom stereocenters. The molecule has 0 saturated carbocycles. The fourth-order valence-electron chi connectivity index (χ4n) is 3.63. The van der Waals surface area contributed by atoms with Crippen LogP contribution in [0.3, 0.4) is 0 Å². The highest BCUT2D eigenvalue weighted by Crippen LogP contribution is 2.27. The number of nitrogens with zero attached hydrogens (tertiary/aromatic N) is 3. The molecule has 8 heteroatoms. The first-order valence-corrected chi connectivity index (χ1v) is 11.0. The van der Waals surface area contributed by atoms with E-state index in [1.54, 1.807) is 41.0 Å². The minimum Gasteiger partial charge on any atom is -0.336 e. The lowest BCUT2D eigenvalue weighted by Crippen LogP contribution is -2.20. The Morgan fingerprint density at radius 3 is 2.56 bits per heavy atom. The van der Waals surface area contributed by atoms with Crippen LogP contribution in [0, 0.1) is 5.82 Å². The third-order valence-electron chi connectivity index (χ3n) is 5.24. The largest absolute Gasteiger partial charge is 0.336 e. The maximum atomic E-state index is 13.2. The maximum Gasteiger partial charge on any atom is 0.281 e. The van der Waals surface area contributed by atoms with Crippen LogP contribution in [0.2, 0.25) is 0 Å². The molecule has 164 valence electrons. The van der Waals surface area contributed by atoms with Crippen molar-refractivity contribution in [1.29, 1.82) is 0 Å². The Morgan fingerprint density at radius 1 is 1.19 bits per heavy atom. The van der Waals surface area contributed by atoms with E-state index in [1.807, 2.05) is 31.3 Å². The average Bonchev–Trinajstić information content (AvgIpc) is 3.29. The lowest BCUT2D eigenvalue weighted by molar-refractivity contribution is -0.111. The van der Waals surface area contributed by atoms with Gasteiger partial charge in [0.15, 0.2) is 0 Å². The SMILES string of the molecule is CN1CC(Cc2ccc(NC(=O)/C=C/c3cnn(C)c3-c3ccc(F)cc3)cc2)SC1=O. The van der Waals surface area contributed by atoms with Crippen LogP contribution in [-0.2, 0) is 18.3 Å². The standard InChI is InChI=1S/C24H23FN4O2S/c1-28-15-21(32-24(28)31)13-16-3-10-20(11-4-16)27-22(30)12-7-18-14-26-29(2)23(18)17-5-8-19(25)9-6-17/h3-12,14,21H,13,15H2,1-2H3,(H,27,30)/b12-7+. The van der Waals surface area contributed by atoms with Crippen molar-refractivity contribution in [1.82, 2.24) is 14.7 Å². The summed E-state index contributed by atoms with van der Waals surface area (Å²) in [4.78, 5) is 25.8. The highest BCUT2D eigenvalue weighted by molar-refractivity contribution is 8.14. The molecular weight excluding hydrogens is 427 g/mol. The van der Waals surface area contributed by atoms with Crippen LogP contribution in [0.1, 0.15) is 11.1 Å². The summed E-state index contributed by atoms with van der Waals surface area (Å²) >= 11 is 1.37. The smallest absolute Gasteiger partial charge is 0.281 e. The number of amides is 2. The van der Waals surface area contributed by atoms with E-state index in [9.17, 15) is 14.0 Å². The molecule has 0 bridgehead atoms. The summed E-state index contributed by atoms with van der Waals surface area (Å²) in [6.07, 6.45) is 5.62. The van der Waals surface area contributed by atoms with Crippen molar-refractivity contribution < 1.29 is 14.0 Å². The molecule has 1 aliphatic rings. The summed E-state index contributed by atoms with van der Waals surface area (Å²) in [5.41, 5.74) is 4.19. The van der Waals surface area contributed by atoms with E-state index >= 15 is 0 Å². The van der Waals surface area contributed by atoms with Crippen molar-refractivity contribution >= 4 is 34.7 Å². The fourth-order valence-corrected chi connectivity index (χ4v) is 4.74. The minimum atomic E-state index is -0.304. The number of thioether (sulfide) groups is 1. The van der Waals surface area contributed by atoms with Gasteiger partial charge in [0.05, 0.1) is 11.9 Å². The first kappa shape index (κ1) is 21.8. The molecule has 2 heterocycles. The Kier molecular flexibility index (Phi) is 6.41. The van der Waals surface area contributed by atoms with E-state index in [1.165, 1.54) is 30.0 Å². The quantitative estimate of drug-likeness (QED) is 0.558. The van der Waals surface area contributed by atoms with Gasteiger partial charge in [0, 0.05) is 48.8 Å². The highest BCUT2D eigenvalue weighted by atomic mass is 32.2. The number of anilines is 1. The molecule has 0 spiro atoms. The molecule has 1 atom stereocenters. The van der Waals surface area contributed by atoms with Crippen LogP contribution >= 0.6 is 11.8 Å². The number of aryl methyl sites for hydroxylation is 1. The van der Waals surface area contributed by atoms with Crippen molar-refractivity contribution in [2.45, 2.75) is 11.7 Å². The molecule has 1 aliphatic heterocycles. The lowest BCUT2D eigenvalue weighted by Gasteiger charge is -2.09. The summed E-state index contributed by atoms with van der Waals surface area (Å²) in [5.74, 6) is -0.563. The lowest BCUT2D eigenvalue weighted by atomic mass is 10.1. The fraction of sp³-hybridized carbons (Fsp3) is 0.208. The molecule has 32 heavy (non-hydrogen) atoms. The van der Waals surface area contributed by atoms with Gasteiger partial charge in [-0.25, -0.2) is 4.39 Å². The van der Waals surface area contributed by atoms with Gasteiger partial charge in [0.1, 0.15) is 5.82 Å². The predicted molar refractivity (Wildman–Crippen MR) is 126 cm³/mol. The van der Waals surface area contributed by atoms with Crippen molar-refractivity contribution in [3.8, 4) is 11.3 Å². The van der Waals surface area contributed by atoms with Crippen molar-refractivity contribution in [3.63, 3.8) is 0 Å². The van der Waals surface area contributed by atoms with Gasteiger partial charge in [-0.05, 0) is 54.5 Å². The Hall–Kier alpha value is -3.39. The number of benzene rings is 2. The van der Waals surface area contributed by atoms with Crippen LogP contribution in [0.5, 0.6) is 0 Å². The van der Waals surface area contributed by atoms with E-state index < -0.39 is 0 Å². The summed E-state index contributed by atoms with van der Waals surface area (Å²) < 4.78 is 14.9. The number of nitrogens with one attached hydrogen (secondary N) is 1. The third-order valence-corrected chi connectivity index (χ3v) is 6.40. The Labute approximate surface area is 190 Å². The molecule has 1 saturated heterocycles. The molecule has 6 nitrogen and oxygen atoms in total. The number of hydrogen-bond acceptors (Lipinski definition) is 4. The zero-order chi connectivity index (χ0) is 22.7. The average molecular weight is 451 g/mol. The molecule has 1 fully saturated rings. The second-order valence-electron chi connectivity index (χ2n) is 7.69. The second-order valence-corrected chi connectivity index (χ2v) is 8.94. The summed E-state index contributed by atoms with van der Waals surface area (Å²) in [7, 11) is 3.62. The van der Waals surface area contributed by atoms with Gasteiger partial charge in [-0.15, -0.1) is 0 Å². The van der Waals surface area contributed by atoms with Crippen LogP contribution in [-0.4, -0.2) is 44.7 Å². The Morgan fingerprint density at radius 2 is 1.91 bits per heavy atom. The Bertz CT molecular complexity index is 1160. The first-order valence-electron chi connectivity index (χ1n) is 10.2. The van der Waals surface area contributed by atoms with Gasteiger partial charge in [-0.2, -0.15) is 5.10 Å². The zero-order valence-corrected chi connectivity index (χ0v) is 18.6. The van der Waals surface area contributed by atoms with Gasteiger partial charge in [0.25, 0.3) is 5.24 Å². The monoisotopic (exact) mass is 450 g/mol. The number of rotatable bonds is 6. The molecule has 2 aromatic carbocycles. The van der Waals surface area contributed by atoms with Crippen LogP contribution in [0.25, 0.3) is 17.3 Å². The van der Waals surface area contributed by atoms with E-state index in [2.05, 4.69) is 10.4 Å². The summed E-state index contributed by atoms with van der Waals surface area (Å²) in [6.45, 7) is 0.751. The molecular formula is C24H23FN4O2S. The number of halogens is 1. The first-order chi connectivity index (χ1) is 15.4. The van der Waals surface area contributed by atoms with Crippen LogP contribution < -0.4 is 5.32 Å². The number of aromatic nitrogens is 2. The molecule has 0 aliphatic carbocycles.